The molecule has 0 saturated carbocycles. The van der Waals surface area contributed by atoms with Crippen molar-refractivity contribution >= 4 is 0 Å². The zero-order chi connectivity index (χ0) is 17.1. The van der Waals surface area contributed by atoms with E-state index in [1.807, 2.05) is 0 Å². The first-order chi connectivity index (χ1) is 10.4. The van der Waals surface area contributed by atoms with Crippen molar-refractivity contribution in [1.82, 2.24) is 0 Å². The van der Waals surface area contributed by atoms with Gasteiger partial charge in [-0.25, -0.2) is 0 Å². The summed E-state index contributed by atoms with van der Waals surface area (Å²) in [5.74, 6) is 7.52. The zero-order valence-corrected chi connectivity index (χ0v) is 16.5. The molecule has 0 aliphatic carbocycles. The third kappa shape index (κ3) is 7.71. The summed E-state index contributed by atoms with van der Waals surface area (Å²) in [7, 11) is 0. The van der Waals surface area contributed by atoms with Crippen LogP contribution in [0.2, 0.25) is 0 Å². The van der Waals surface area contributed by atoms with Crippen molar-refractivity contribution in [2.45, 2.75) is 93.4 Å². The van der Waals surface area contributed by atoms with Gasteiger partial charge in [-0.3, -0.25) is 0 Å². The largest absolute Gasteiger partial charge is 0.120 e. The van der Waals surface area contributed by atoms with Crippen LogP contribution in [0.15, 0.2) is 0 Å². The van der Waals surface area contributed by atoms with E-state index in [0.717, 1.165) is 30.1 Å². The molecule has 0 heteroatoms. The molecule has 0 aromatic rings. The normalized spacial score (nSPS) is 18.5. The molecular formula is C22H42. The van der Waals surface area contributed by atoms with E-state index in [2.05, 4.69) is 54.4 Å². The highest BCUT2D eigenvalue weighted by molar-refractivity contribution is 4.96. The summed E-state index contributed by atoms with van der Waals surface area (Å²) in [5, 5.41) is 0. The van der Waals surface area contributed by atoms with Gasteiger partial charge < -0.3 is 0 Å². The monoisotopic (exact) mass is 306 g/mol. The van der Waals surface area contributed by atoms with Gasteiger partial charge in [0.1, 0.15) is 0 Å². The van der Waals surface area contributed by atoms with Crippen LogP contribution >= 0.6 is 0 Å². The van der Waals surface area contributed by atoms with Gasteiger partial charge in [0.2, 0.25) is 0 Å². The molecule has 0 amide bonds. The number of terminal acetylenes is 1. The van der Waals surface area contributed by atoms with Crippen molar-refractivity contribution in [2.24, 2.45) is 35.5 Å². The Bertz CT molecular complexity index is 296. The first kappa shape index (κ1) is 21.6. The van der Waals surface area contributed by atoms with Crippen LogP contribution in [-0.2, 0) is 0 Å². The summed E-state index contributed by atoms with van der Waals surface area (Å²) in [6.07, 6.45) is 14.9. The van der Waals surface area contributed by atoms with E-state index < -0.39 is 0 Å². The summed E-state index contributed by atoms with van der Waals surface area (Å²) in [5.41, 5.74) is 0. The third-order valence-corrected chi connectivity index (χ3v) is 5.95. The molecule has 0 radical (unpaired) electrons. The summed E-state index contributed by atoms with van der Waals surface area (Å²) >= 11 is 0. The third-order valence-electron chi connectivity index (χ3n) is 5.95. The van der Waals surface area contributed by atoms with Gasteiger partial charge >= 0.3 is 0 Å². The maximum absolute atomic E-state index is 5.77. The van der Waals surface area contributed by atoms with Crippen molar-refractivity contribution < 1.29 is 0 Å². The van der Waals surface area contributed by atoms with Crippen LogP contribution in [0.3, 0.4) is 0 Å². The van der Waals surface area contributed by atoms with E-state index >= 15 is 0 Å². The fourth-order valence-corrected chi connectivity index (χ4v) is 3.75. The van der Waals surface area contributed by atoms with Gasteiger partial charge in [0.05, 0.1) is 0 Å². The quantitative estimate of drug-likeness (QED) is 0.335. The highest BCUT2D eigenvalue weighted by Gasteiger charge is 2.25. The van der Waals surface area contributed by atoms with E-state index in [4.69, 9.17) is 6.42 Å². The van der Waals surface area contributed by atoms with Crippen molar-refractivity contribution in [3.63, 3.8) is 0 Å². The van der Waals surface area contributed by atoms with E-state index in [9.17, 15) is 0 Å². The van der Waals surface area contributed by atoms with Crippen LogP contribution in [-0.4, -0.2) is 0 Å². The van der Waals surface area contributed by atoms with Gasteiger partial charge in [0.15, 0.2) is 0 Å². The Morgan fingerprint density at radius 1 is 0.818 bits per heavy atom. The van der Waals surface area contributed by atoms with Gasteiger partial charge in [-0.05, 0) is 48.9 Å². The molecule has 0 N–H and O–H groups in total. The molecule has 0 nitrogen and oxygen atoms in total. The molecule has 0 fully saturated rings. The highest BCUT2D eigenvalue weighted by Crippen LogP contribution is 2.35. The molecule has 0 aliphatic heterocycles. The molecule has 0 bridgehead atoms. The van der Waals surface area contributed by atoms with Gasteiger partial charge in [-0.15, -0.1) is 12.3 Å². The second-order valence-electron chi connectivity index (χ2n) is 7.92. The Morgan fingerprint density at radius 2 is 1.45 bits per heavy atom. The second kappa shape index (κ2) is 12.0. The van der Waals surface area contributed by atoms with Gasteiger partial charge in [0, 0.05) is 5.92 Å². The topological polar surface area (TPSA) is 0 Å². The van der Waals surface area contributed by atoms with Gasteiger partial charge in [-0.2, -0.15) is 0 Å². The predicted molar refractivity (Wildman–Crippen MR) is 102 cm³/mol. The van der Waals surface area contributed by atoms with Crippen molar-refractivity contribution in [3.05, 3.63) is 0 Å². The molecule has 130 valence electrons. The lowest BCUT2D eigenvalue weighted by molar-refractivity contribution is 0.192. The van der Waals surface area contributed by atoms with Crippen molar-refractivity contribution in [2.75, 3.05) is 0 Å². The minimum Gasteiger partial charge on any atom is -0.120 e. The standard InChI is InChI=1S/C22H42/c1-9-13-14-18(7)19(8)15-22(17(5)6)16-21(12-4)20(10-2)11-3/h2,17-22H,9,11-16H2,1,3-8H3. The Kier molecular flexibility index (Phi) is 11.8. The highest BCUT2D eigenvalue weighted by atomic mass is 14.3. The predicted octanol–water partition coefficient (Wildman–Crippen LogP) is 7.19. The van der Waals surface area contributed by atoms with Crippen LogP contribution < -0.4 is 0 Å². The van der Waals surface area contributed by atoms with Crippen LogP contribution in [0.5, 0.6) is 0 Å². The smallest absolute Gasteiger partial charge is 0.0225 e. The molecule has 0 spiro atoms. The Morgan fingerprint density at radius 3 is 1.86 bits per heavy atom. The number of hydrogen-bond donors (Lipinski definition) is 0. The minimum atomic E-state index is 0.471. The van der Waals surface area contributed by atoms with E-state index in [1.165, 1.54) is 38.5 Å². The lowest BCUT2D eigenvalue weighted by Gasteiger charge is -2.32. The molecule has 0 heterocycles. The summed E-state index contributed by atoms with van der Waals surface area (Å²) < 4.78 is 0. The number of rotatable bonds is 12. The zero-order valence-electron chi connectivity index (χ0n) is 16.5. The fourth-order valence-electron chi connectivity index (χ4n) is 3.75. The maximum atomic E-state index is 5.77. The molecular weight excluding hydrogens is 264 g/mol. The molecule has 22 heavy (non-hydrogen) atoms. The minimum absolute atomic E-state index is 0.471. The number of unbranched alkanes of at least 4 members (excludes halogenated alkanes) is 1. The van der Waals surface area contributed by atoms with Crippen LogP contribution in [0.25, 0.3) is 0 Å². The molecule has 5 atom stereocenters. The fraction of sp³-hybridized carbons (Fsp3) is 0.909. The average molecular weight is 307 g/mol. The molecule has 0 rings (SSSR count). The SMILES string of the molecule is C#CC(CC)C(CC)CC(CC(C)C(C)CCCC)C(C)C. The van der Waals surface area contributed by atoms with Crippen molar-refractivity contribution in [3.8, 4) is 12.3 Å². The lowest BCUT2D eigenvalue weighted by Crippen LogP contribution is -2.23. The van der Waals surface area contributed by atoms with Crippen LogP contribution in [0, 0.1) is 47.9 Å². The Hall–Kier alpha value is -0.440. The van der Waals surface area contributed by atoms with E-state index in [0.29, 0.717) is 11.8 Å². The summed E-state index contributed by atoms with van der Waals surface area (Å²) in [6.45, 7) is 16.6. The van der Waals surface area contributed by atoms with E-state index in [1.54, 1.807) is 0 Å². The maximum Gasteiger partial charge on any atom is 0.0225 e. The molecule has 0 aromatic carbocycles. The van der Waals surface area contributed by atoms with Crippen molar-refractivity contribution in [1.29, 1.82) is 0 Å². The molecule has 0 aromatic heterocycles. The Balaban J connectivity index is 4.68. The van der Waals surface area contributed by atoms with Gasteiger partial charge in [0.25, 0.3) is 0 Å². The van der Waals surface area contributed by atoms with Crippen LogP contribution in [0.1, 0.15) is 93.4 Å². The lowest BCUT2D eigenvalue weighted by atomic mass is 9.73. The first-order valence-corrected chi connectivity index (χ1v) is 9.87. The summed E-state index contributed by atoms with van der Waals surface area (Å²) in [4.78, 5) is 0. The molecule has 5 unspecified atom stereocenters. The van der Waals surface area contributed by atoms with Crippen LogP contribution in [0.4, 0.5) is 0 Å². The first-order valence-electron chi connectivity index (χ1n) is 9.87. The Labute approximate surface area is 141 Å². The second-order valence-corrected chi connectivity index (χ2v) is 7.92. The van der Waals surface area contributed by atoms with Gasteiger partial charge in [-0.1, -0.05) is 74.1 Å². The van der Waals surface area contributed by atoms with E-state index in [-0.39, 0.29) is 0 Å². The molecule has 0 saturated heterocycles. The number of hydrogen-bond acceptors (Lipinski definition) is 0. The summed E-state index contributed by atoms with van der Waals surface area (Å²) in [6, 6.07) is 0. The molecule has 0 aliphatic rings. The average Bonchev–Trinajstić information content (AvgIpc) is 2.50.